The number of nitro groups is 1. The van der Waals surface area contributed by atoms with Crippen LogP contribution in [0.4, 0.5) is 31.0 Å². The standard InChI is InChI=1S/C16H15FN6O5/c17-12-6-1-2-7-13(12)20-16(26)22-21-14(24)9-18-15(25)19-10-4-3-5-11(8-10)23(27)28/h1-8H,9H2,(H,21,24)(H2,18,19,25)(H2,20,22,26). The van der Waals surface area contributed by atoms with Crippen molar-refractivity contribution in [2.45, 2.75) is 0 Å². The summed E-state index contributed by atoms with van der Waals surface area (Å²) < 4.78 is 13.4. The molecule has 5 amide bonds. The molecule has 0 bridgehead atoms. The number of carbonyl (C=O) groups is 3. The summed E-state index contributed by atoms with van der Waals surface area (Å²) in [4.78, 5) is 44.9. The summed E-state index contributed by atoms with van der Waals surface area (Å²) in [5, 5.41) is 17.4. The summed E-state index contributed by atoms with van der Waals surface area (Å²) >= 11 is 0. The molecule has 2 rings (SSSR count). The van der Waals surface area contributed by atoms with E-state index >= 15 is 0 Å². The van der Waals surface area contributed by atoms with Gasteiger partial charge in [0, 0.05) is 17.8 Å². The number of hydrazine groups is 1. The zero-order chi connectivity index (χ0) is 20.5. The first-order valence-electron chi connectivity index (χ1n) is 7.75. The minimum atomic E-state index is -0.889. The first kappa shape index (κ1) is 20.1. The fourth-order valence-electron chi connectivity index (χ4n) is 1.92. The van der Waals surface area contributed by atoms with Crippen LogP contribution in [0.1, 0.15) is 0 Å². The number of anilines is 2. The molecule has 0 aliphatic carbocycles. The van der Waals surface area contributed by atoms with Crippen molar-refractivity contribution in [1.82, 2.24) is 16.2 Å². The summed E-state index contributed by atoms with van der Waals surface area (Å²) in [6, 6.07) is 8.99. The molecule has 0 aromatic heterocycles. The molecule has 0 aliphatic heterocycles. The molecular weight excluding hydrogens is 375 g/mol. The first-order chi connectivity index (χ1) is 13.3. The van der Waals surface area contributed by atoms with E-state index in [1.165, 1.54) is 36.4 Å². The second-order valence-electron chi connectivity index (χ2n) is 5.22. The van der Waals surface area contributed by atoms with E-state index < -0.39 is 35.3 Å². The van der Waals surface area contributed by atoms with Gasteiger partial charge in [0.15, 0.2) is 0 Å². The molecule has 12 heteroatoms. The van der Waals surface area contributed by atoms with Crippen LogP contribution in [0.25, 0.3) is 0 Å². The second-order valence-corrected chi connectivity index (χ2v) is 5.22. The third-order valence-electron chi connectivity index (χ3n) is 3.16. The first-order valence-corrected chi connectivity index (χ1v) is 7.75. The maximum Gasteiger partial charge on any atom is 0.338 e. The molecule has 0 aliphatic rings. The van der Waals surface area contributed by atoms with Crippen LogP contribution in [0, 0.1) is 15.9 Å². The normalized spacial score (nSPS) is 9.75. The van der Waals surface area contributed by atoms with Gasteiger partial charge in [-0.3, -0.25) is 20.3 Å². The van der Waals surface area contributed by atoms with Crippen LogP contribution in [0.5, 0.6) is 0 Å². The Labute approximate surface area is 157 Å². The van der Waals surface area contributed by atoms with Crippen molar-refractivity contribution in [1.29, 1.82) is 0 Å². The summed E-state index contributed by atoms with van der Waals surface area (Å²) in [5.74, 6) is -1.42. The van der Waals surface area contributed by atoms with Gasteiger partial charge in [-0.25, -0.2) is 19.4 Å². The van der Waals surface area contributed by atoms with Gasteiger partial charge in [0.05, 0.1) is 10.6 Å². The van der Waals surface area contributed by atoms with Gasteiger partial charge < -0.3 is 16.0 Å². The minimum absolute atomic E-state index is 0.0799. The van der Waals surface area contributed by atoms with E-state index in [2.05, 4.69) is 16.0 Å². The van der Waals surface area contributed by atoms with E-state index in [0.29, 0.717) is 0 Å². The predicted octanol–water partition coefficient (Wildman–Crippen LogP) is 1.71. The van der Waals surface area contributed by atoms with E-state index in [4.69, 9.17) is 0 Å². The van der Waals surface area contributed by atoms with E-state index in [9.17, 15) is 28.9 Å². The van der Waals surface area contributed by atoms with Crippen LogP contribution in [0.15, 0.2) is 48.5 Å². The summed E-state index contributed by atoms with van der Waals surface area (Å²) in [5.41, 5.74) is 3.87. The van der Waals surface area contributed by atoms with Crippen LogP contribution < -0.4 is 26.8 Å². The number of amides is 5. The summed E-state index contributed by atoms with van der Waals surface area (Å²) in [6.45, 7) is -0.499. The Bertz CT molecular complexity index is 907. The molecule has 146 valence electrons. The highest BCUT2D eigenvalue weighted by atomic mass is 19.1. The number of para-hydroxylation sites is 1. The zero-order valence-corrected chi connectivity index (χ0v) is 14.2. The van der Waals surface area contributed by atoms with Crippen molar-refractivity contribution in [3.8, 4) is 0 Å². The zero-order valence-electron chi connectivity index (χ0n) is 14.2. The monoisotopic (exact) mass is 390 g/mol. The van der Waals surface area contributed by atoms with Gasteiger partial charge in [-0.1, -0.05) is 18.2 Å². The van der Waals surface area contributed by atoms with Gasteiger partial charge in [-0.05, 0) is 18.2 Å². The molecule has 0 unspecified atom stereocenters. The maximum atomic E-state index is 13.4. The molecule has 2 aromatic carbocycles. The summed E-state index contributed by atoms with van der Waals surface area (Å²) in [6.07, 6.45) is 0. The lowest BCUT2D eigenvalue weighted by Crippen LogP contribution is -2.48. The van der Waals surface area contributed by atoms with Gasteiger partial charge in [0.25, 0.3) is 11.6 Å². The molecule has 0 spiro atoms. The van der Waals surface area contributed by atoms with Crippen molar-refractivity contribution < 1.29 is 23.7 Å². The van der Waals surface area contributed by atoms with Gasteiger partial charge in [-0.15, -0.1) is 0 Å². The van der Waals surface area contributed by atoms with Crippen molar-refractivity contribution in [2.75, 3.05) is 17.2 Å². The Morgan fingerprint density at radius 2 is 1.71 bits per heavy atom. The minimum Gasteiger partial charge on any atom is -0.329 e. The average Bonchev–Trinajstić information content (AvgIpc) is 2.66. The van der Waals surface area contributed by atoms with Gasteiger partial charge in [0.1, 0.15) is 12.4 Å². The number of rotatable bonds is 5. The molecule has 0 saturated carbocycles. The smallest absolute Gasteiger partial charge is 0.329 e. The topological polar surface area (TPSA) is 154 Å². The number of hydrogen-bond acceptors (Lipinski definition) is 5. The Kier molecular flexibility index (Phi) is 6.80. The molecule has 0 saturated heterocycles. The summed E-state index contributed by atoms with van der Waals surface area (Å²) in [7, 11) is 0. The molecule has 2 aromatic rings. The number of nitrogens with zero attached hydrogens (tertiary/aromatic N) is 1. The Morgan fingerprint density at radius 1 is 0.964 bits per heavy atom. The highest BCUT2D eigenvalue weighted by Gasteiger charge is 2.10. The molecule has 0 fully saturated rings. The Balaban J connectivity index is 1.72. The van der Waals surface area contributed by atoms with Gasteiger partial charge in [-0.2, -0.15) is 0 Å². The van der Waals surface area contributed by atoms with Crippen LogP contribution >= 0.6 is 0 Å². The molecule has 0 atom stereocenters. The Hall–Kier alpha value is -4.22. The molecule has 28 heavy (non-hydrogen) atoms. The number of benzene rings is 2. The fraction of sp³-hybridized carbons (Fsp3) is 0.0625. The number of nitro benzene ring substituents is 1. The van der Waals surface area contributed by atoms with Gasteiger partial charge >= 0.3 is 12.1 Å². The van der Waals surface area contributed by atoms with Crippen LogP contribution in [-0.4, -0.2) is 29.4 Å². The predicted molar refractivity (Wildman–Crippen MR) is 96.8 cm³/mol. The molecule has 11 nitrogen and oxygen atoms in total. The highest BCUT2D eigenvalue weighted by Crippen LogP contribution is 2.16. The third-order valence-corrected chi connectivity index (χ3v) is 3.16. The number of halogens is 1. The number of carbonyl (C=O) groups excluding carboxylic acids is 3. The van der Waals surface area contributed by atoms with E-state index in [0.717, 1.165) is 12.1 Å². The Morgan fingerprint density at radius 3 is 2.43 bits per heavy atom. The average molecular weight is 390 g/mol. The number of nitrogens with one attached hydrogen (secondary N) is 5. The van der Waals surface area contributed by atoms with E-state index in [1.54, 1.807) is 0 Å². The lowest BCUT2D eigenvalue weighted by Gasteiger charge is -2.10. The molecule has 0 heterocycles. The van der Waals surface area contributed by atoms with Crippen LogP contribution in [-0.2, 0) is 4.79 Å². The molecule has 0 radical (unpaired) electrons. The number of hydrogen-bond donors (Lipinski definition) is 5. The highest BCUT2D eigenvalue weighted by molar-refractivity contribution is 5.94. The molecule has 5 N–H and O–H groups in total. The van der Waals surface area contributed by atoms with Crippen molar-refractivity contribution in [3.63, 3.8) is 0 Å². The number of urea groups is 2. The SMILES string of the molecule is O=C(CNC(=O)Nc1cccc([N+](=O)[O-])c1)NNC(=O)Nc1ccccc1F. The number of non-ortho nitro benzene ring substituents is 1. The van der Waals surface area contributed by atoms with Crippen molar-refractivity contribution >= 4 is 35.0 Å². The fourth-order valence-corrected chi connectivity index (χ4v) is 1.92. The molecular formula is C16H15FN6O5. The van der Waals surface area contributed by atoms with E-state index in [1.807, 2.05) is 10.9 Å². The lowest BCUT2D eigenvalue weighted by molar-refractivity contribution is -0.384. The van der Waals surface area contributed by atoms with Gasteiger partial charge in [0.2, 0.25) is 0 Å². The third kappa shape index (κ3) is 6.25. The van der Waals surface area contributed by atoms with Crippen molar-refractivity contribution in [2.24, 2.45) is 0 Å². The van der Waals surface area contributed by atoms with Crippen LogP contribution in [0.3, 0.4) is 0 Å². The lowest BCUT2D eigenvalue weighted by atomic mass is 10.3. The second kappa shape index (κ2) is 9.47. The largest absolute Gasteiger partial charge is 0.338 e. The van der Waals surface area contributed by atoms with Crippen molar-refractivity contribution in [3.05, 3.63) is 64.5 Å². The maximum absolute atomic E-state index is 13.4. The van der Waals surface area contributed by atoms with Crippen LogP contribution in [0.2, 0.25) is 0 Å². The van der Waals surface area contributed by atoms with E-state index in [-0.39, 0.29) is 17.1 Å². The quantitative estimate of drug-likeness (QED) is 0.388.